The molecule has 8 heteroatoms. The molecule has 0 saturated heterocycles. The van der Waals surface area contributed by atoms with Gasteiger partial charge < -0.3 is 4.90 Å². The molecule has 0 saturated carbocycles. The van der Waals surface area contributed by atoms with Gasteiger partial charge in [-0.05, 0) is 49.2 Å². The van der Waals surface area contributed by atoms with Crippen LogP contribution < -0.4 is 24.2 Å². The number of thioether (sulfide) groups is 1. The zero-order valence-corrected chi connectivity index (χ0v) is 22.5. The van der Waals surface area contributed by atoms with Crippen LogP contribution in [0, 0.1) is 6.92 Å². The van der Waals surface area contributed by atoms with Gasteiger partial charge in [0, 0.05) is 29.9 Å². The number of hydrogen-bond acceptors (Lipinski definition) is 5. The fraction of sp³-hybridized carbons (Fsp3) is 0.231. The van der Waals surface area contributed by atoms with Crippen LogP contribution in [0.15, 0.2) is 63.7 Å². The Balaban J connectivity index is 1.52. The molecule has 4 aromatic rings. The molecule has 1 aliphatic heterocycles. The lowest BCUT2D eigenvalue weighted by atomic mass is 10.1. The number of anilines is 1. The minimum Gasteiger partial charge on any atom is -0.337 e. The smallest absolute Gasteiger partial charge is 0.271 e. The van der Waals surface area contributed by atoms with Crippen molar-refractivity contribution in [3.63, 3.8) is 0 Å². The van der Waals surface area contributed by atoms with Crippen LogP contribution in [0.3, 0.4) is 0 Å². The third-order valence-electron chi connectivity index (χ3n) is 5.92. The molecule has 34 heavy (non-hydrogen) atoms. The Morgan fingerprint density at radius 1 is 1.15 bits per heavy atom. The molecule has 0 atom stereocenters. The van der Waals surface area contributed by atoms with Crippen LogP contribution in [0.4, 0.5) is 5.69 Å². The lowest BCUT2D eigenvalue weighted by molar-refractivity contribution is -0.693. The Bertz CT molecular complexity index is 1530. The molecule has 0 unspecified atom stereocenters. The van der Waals surface area contributed by atoms with Crippen molar-refractivity contribution in [2.75, 3.05) is 11.9 Å². The highest BCUT2D eigenvalue weighted by Gasteiger charge is 2.25. The summed E-state index contributed by atoms with van der Waals surface area (Å²) in [7, 11) is 2.05. The van der Waals surface area contributed by atoms with E-state index in [4.69, 9.17) is 11.6 Å². The molecule has 4 nitrogen and oxygen atoms in total. The zero-order valence-electron chi connectivity index (χ0n) is 19.2. The maximum atomic E-state index is 13.4. The number of thiazole rings is 2. The van der Waals surface area contributed by atoms with Gasteiger partial charge in [0.15, 0.2) is 12.7 Å². The van der Waals surface area contributed by atoms with Gasteiger partial charge >= 0.3 is 0 Å². The monoisotopic (exact) mass is 526 g/mol. The normalized spacial score (nSPS) is 15.3. The molecule has 2 aromatic carbocycles. The van der Waals surface area contributed by atoms with E-state index in [1.165, 1.54) is 16.0 Å². The Labute approximate surface area is 216 Å². The number of hydrogen-bond donors (Lipinski definition) is 0. The molecule has 0 amide bonds. The summed E-state index contributed by atoms with van der Waals surface area (Å²) in [6.07, 6.45) is 5.19. The van der Waals surface area contributed by atoms with Crippen LogP contribution in [0.1, 0.15) is 23.1 Å². The largest absolute Gasteiger partial charge is 0.337 e. The predicted molar refractivity (Wildman–Crippen MR) is 146 cm³/mol. The van der Waals surface area contributed by atoms with Gasteiger partial charge in [-0.15, -0.1) is 11.3 Å². The van der Waals surface area contributed by atoms with Gasteiger partial charge in [0.1, 0.15) is 14.2 Å². The van der Waals surface area contributed by atoms with Gasteiger partial charge in [-0.1, -0.05) is 52.9 Å². The van der Waals surface area contributed by atoms with E-state index in [0.29, 0.717) is 6.54 Å². The lowest BCUT2D eigenvalue weighted by Gasteiger charge is -2.12. The van der Waals surface area contributed by atoms with E-state index in [1.807, 2.05) is 30.7 Å². The summed E-state index contributed by atoms with van der Waals surface area (Å²) in [4.78, 5) is 16.8. The van der Waals surface area contributed by atoms with Crippen molar-refractivity contribution >= 4 is 62.8 Å². The zero-order chi connectivity index (χ0) is 23.8. The Kier molecular flexibility index (Phi) is 6.71. The Morgan fingerprint density at radius 3 is 2.71 bits per heavy atom. The summed E-state index contributed by atoms with van der Waals surface area (Å²) in [5, 5.41) is 5.01. The molecule has 0 fully saturated rings. The van der Waals surface area contributed by atoms with Crippen molar-refractivity contribution in [1.29, 1.82) is 0 Å². The molecular formula is C26H25ClN3OS3+. The van der Waals surface area contributed by atoms with Gasteiger partial charge in [0.05, 0.1) is 17.1 Å². The fourth-order valence-electron chi connectivity index (χ4n) is 4.05. The van der Waals surface area contributed by atoms with Gasteiger partial charge in [0.25, 0.3) is 10.6 Å². The van der Waals surface area contributed by atoms with Gasteiger partial charge in [0.2, 0.25) is 0 Å². The molecule has 0 bridgehead atoms. The van der Waals surface area contributed by atoms with Crippen LogP contribution in [-0.4, -0.2) is 11.6 Å². The Hall–Kier alpha value is -2.32. The van der Waals surface area contributed by atoms with Crippen molar-refractivity contribution in [2.24, 2.45) is 0 Å². The summed E-state index contributed by atoms with van der Waals surface area (Å²) < 4.78 is 5.93. The number of benzene rings is 2. The number of nitrogens with zero attached hydrogens (tertiary/aromatic N) is 3. The molecule has 174 valence electrons. The van der Waals surface area contributed by atoms with E-state index in [2.05, 4.69) is 64.4 Å². The second-order valence-corrected chi connectivity index (χ2v) is 11.6. The summed E-state index contributed by atoms with van der Waals surface area (Å²) >= 11 is 11.0. The van der Waals surface area contributed by atoms with Crippen molar-refractivity contribution in [2.45, 2.75) is 38.3 Å². The highest BCUT2D eigenvalue weighted by Crippen LogP contribution is 2.45. The number of fused-ring (bicyclic) bond motifs is 1. The maximum absolute atomic E-state index is 13.4. The van der Waals surface area contributed by atoms with Crippen LogP contribution in [0.25, 0.3) is 11.1 Å². The van der Waals surface area contributed by atoms with Crippen LogP contribution in [0.5, 0.6) is 0 Å². The fourth-order valence-corrected chi connectivity index (χ4v) is 7.62. The van der Waals surface area contributed by atoms with E-state index in [1.54, 1.807) is 34.4 Å². The van der Waals surface area contributed by atoms with E-state index >= 15 is 0 Å². The van der Waals surface area contributed by atoms with E-state index < -0.39 is 0 Å². The first-order valence-corrected chi connectivity index (χ1v) is 14.0. The minimum absolute atomic E-state index is 0.0851. The summed E-state index contributed by atoms with van der Waals surface area (Å²) in [5.74, 6) is 0. The molecule has 0 spiro atoms. The number of halogens is 1. The van der Waals surface area contributed by atoms with Gasteiger partial charge in [-0.2, -0.15) is 4.57 Å². The SMILES string of the molecule is CCn1c(=O)/c(=C2\Sc3cc(C)ccc3N2C)s/c1=C\c1scc[n+]1CCc1ccc(Cl)cc1. The third-order valence-corrected chi connectivity index (χ3v) is 9.50. The predicted octanol–water partition coefficient (Wildman–Crippen LogP) is 4.62. The molecule has 1 aliphatic rings. The quantitative estimate of drug-likeness (QED) is 0.355. The number of rotatable bonds is 5. The van der Waals surface area contributed by atoms with Crippen LogP contribution in [-0.2, 0) is 19.5 Å². The minimum atomic E-state index is 0.0851. The van der Waals surface area contributed by atoms with Crippen molar-refractivity contribution in [3.8, 4) is 0 Å². The van der Waals surface area contributed by atoms with E-state index in [0.717, 1.165) is 42.9 Å². The first-order valence-electron chi connectivity index (χ1n) is 11.1. The second kappa shape index (κ2) is 9.74. The van der Waals surface area contributed by atoms with Crippen molar-refractivity contribution < 1.29 is 4.57 Å². The average molecular weight is 527 g/mol. The average Bonchev–Trinajstić information content (AvgIpc) is 3.49. The summed E-state index contributed by atoms with van der Waals surface area (Å²) in [6.45, 7) is 5.65. The number of aryl methyl sites for hydroxylation is 3. The molecule has 5 rings (SSSR count). The first kappa shape index (κ1) is 23.4. The standard InChI is InChI=1S/C26H25ClN3OS3/c1-4-30-23(16-22-29(13-14-32-22)12-11-18-6-8-19(27)9-7-18)34-24(25(30)31)26-28(3)20-10-5-17(2)15-21(20)33-26/h5-10,13-16H,4,11-12H2,1-3H3/q+1/b26-24+. The van der Waals surface area contributed by atoms with Crippen LogP contribution >= 0.6 is 46.0 Å². The van der Waals surface area contributed by atoms with Gasteiger partial charge in [-0.3, -0.25) is 9.36 Å². The lowest BCUT2D eigenvalue weighted by Crippen LogP contribution is -2.36. The van der Waals surface area contributed by atoms with Gasteiger partial charge in [-0.25, -0.2) is 0 Å². The highest BCUT2D eigenvalue weighted by molar-refractivity contribution is 8.08. The molecule has 0 radical (unpaired) electrons. The van der Waals surface area contributed by atoms with E-state index in [9.17, 15) is 4.79 Å². The highest BCUT2D eigenvalue weighted by atomic mass is 35.5. The number of aromatic nitrogens is 2. The topological polar surface area (TPSA) is 29.1 Å². The Morgan fingerprint density at radius 2 is 1.94 bits per heavy atom. The summed E-state index contributed by atoms with van der Waals surface area (Å²) in [5.41, 5.74) is 3.73. The van der Waals surface area contributed by atoms with E-state index in [-0.39, 0.29) is 5.56 Å². The molecule has 0 aliphatic carbocycles. The summed E-state index contributed by atoms with van der Waals surface area (Å²) in [6, 6.07) is 14.5. The third kappa shape index (κ3) is 4.50. The van der Waals surface area contributed by atoms with Crippen molar-refractivity contribution in [1.82, 2.24) is 4.57 Å². The second-order valence-electron chi connectivity index (χ2n) is 8.21. The molecule has 0 N–H and O–H groups in total. The maximum Gasteiger partial charge on any atom is 0.271 e. The molecule has 2 aromatic heterocycles. The van der Waals surface area contributed by atoms with Crippen LogP contribution in [0.2, 0.25) is 5.02 Å². The van der Waals surface area contributed by atoms with Crippen molar-refractivity contribution in [3.05, 3.63) is 94.7 Å². The molecule has 3 heterocycles. The first-order chi connectivity index (χ1) is 16.4. The molecular weight excluding hydrogens is 502 g/mol.